The van der Waals surface area contributed by atoms with Gasteiger partial charge in [0.25, 0.3) is 0 Å². The maximum Gasteiger partial charge on any atom is 0.120 e. The second-order valence-corrected chi connectivity index (χ2v) is 5.57. The first-order chi connectivity index (χ1) is 6.42. The van der Waals surface area contributed by atoms with Crippen LogP contribution in [0.15, 0.2) is 12.3 Å². The number of rotatable bonds is 4. The Morgan fingerprint density at radius 3 is 2.43 bits per heavy atom. The first-order valence-electron chi connectivity index (χ1n) is 5.45. The lowest BCUT2D eigenvalue weighted by Gasteiger charge is -2.39. The van der Waals surface area contributed by atoms with Gasteiger partial charge in [-0.05, 0) is 30.6 Å². The molecule has 0 spiro atoms. The zero-order valence-corrected chi connectivity index (χ0v) is 9.89. The van der Waals surface area contributed by atoms with Crippen molar-refractivity contribution in [3.05, 3.63) is 12.3 Å². The lowest BCUT2D eigenvalue weighted by atomic mass is 9.68. The third-order valence-electron chi connectivity index (χ3n) is 2.83. The molecule has 1 fully saturated rings. The third-order valence-corrected chi connectivity index (χ3v) is 2.83. The average Bonchev–Trinajstić information content (AvgIpc) is 1.94. The van der Waals surface area contributed by atoms with Crippen LogP contribution in [0.4, 0.5) is 0 Å². The molecule has 2 nitrogen and oxygen atoms in total. The van der Waals surface area contributed by atoms with E-state index < -0.39 is 0 Å². The molecular weight excluding hydrogens is 174 g/mol. The van der Waals surface area contributed by atoms with Crippen LogP contribution in [0.2, 0.25) is 0 Å². The Bertz CT molecular complexity index is 199. The van der Waals surface area contributed by atoms with Gasteiger partial charge in [-0.15, -0.1) is 0 Å². The average molecular weight is 197 g/mol. The maximum atomic E-state index is 5.18. The molecular formula is C12H23NO. The van der Waals surface area contributed by atoms with Crippen molar-refractivity contribution in [3.8, 4) is 0 Å². The van der Waals surface area contributed by atoms with Crippen LogP contribution in [0.25, 0.3) is 0 Å². The number of hydrogen-bond acceptors (Lipinski definition) is 2. The normalized spacial score (nSPS) is 26.9. The van der Waals surface area contributed by atoms with Crippen LogP contribution in [0, 0.1) is 17.3 Å². The molecule has 1 rings (SSSR count). The van der Waals surface area contributed by atoms with Gasteiger partial charge in [-0.25, -0.2) is 0 Å². The SMILES string of the molecule is C=C(ONC)C1CC(CC(C)(C)C)C1. The molecule has 0 unspecified atom stereocenters. The summed E-state index contributed by atoms with van der Waals surface area (Å²) in [5.41, 5.74) is 3.14. The number of allylic oxidation sites excluding steroid dienone is 1. The van der Waals surface area contributed by atoms with Crippen LogP contribution in [-0.2, 0) is 4.84 Å². The monoisotopic (exact) mass is 197 g/mol. The van der Waals surface area contributed by atoms with Crippen molar-refractivity contribution in [3.63, 3.8) is 0 Å². The van der Waals surface area contributed by atoms with E-state index in [1.807, 2.05) is 0 Å². The van der Waals surface area contributed by atoms with Gasteiger partial charge in [0.2, 0.25) is 0 Å². The van der Waals surface area contributed by atoms with Gasteiger partial charge < -0.3 is 4.84 Å². The van der Waals surface area contributed by atoms with Crippen molar-refractivity contribution in [1.82, 2.24) is 5.48 Å². The van der Waals surface area contributed by atoms with Gasteiger partial charge in [-0.1, -0.05) is 27.4 Å². The molecule has 0 radical (unpaired) electrons. The molecule has 0 amide bonds. The quantitative estimate of drug-likeness (QED) is 0.552. The summed E-state index contributed by atoms with van der Waals surface area (Å²) in [6.45, 7) is 10.8. The Morgan fingerprint density at radius 1 is 1.43 bits per heavy atom. The van der Waals surface area contributed by atoms with E-state index >= 15 is 0 Å². The Balaban J connectivity index is 2.20. The fourth-order valence-corrected chi connectivity index (χ4v) is 2.25. The highest BCUT2D eigenvalue weighted by Crippen LogP contribution is 2.43. The summed E-state index contributed by atoms with van der Waals surface area (Å²) in [5, 5.41) is 0. The summed E-state index contributed by atoms with van der Waals surface area (Å²) in [6.07, 6.45) is 3.81. The molecule has 1 aliphatic rings. The minimum Gasteiger partial charge on any atom is -0.414 e. The Labute approximate surface area is 87.7 Å². The molecule has 1 N–H and O–H groups in total. The van der Waals surface area contributed by atoms with Crippen molar-refractivity contribution in [2.24, 2.45) is 17.3 Å². The van der Waals surface area contributed by atoms with Crippen LogP contribution in [-0.4, -0.2) is 7.05 Å². The highest BCUT2D eigenvalue weighted by Gasteiger charge is 2.34. The van der Waals surface area contributed by atoms with Crippen LogP contribution in [0.3, 0.4) is 0 Å². The largest absolute Gasteiger partial charge is 0.414 e. The molecule has 0 atom stereocenters. The molecule has 0 heterocycles. The summed E-state index contributed by atoms with van der Waals surface area (Å²) < 4.78 is 0. The zero-order chi connectivity index (χ0) is 10.8. The van der Waals surface area contributed by atoms with E-state index in [1.165, 1.54) is 19.3 Å². The molecule has 0 aromatic heterocycles. The molecule has 0 aromatic carbocycles. The van der Waals surface area contributed by atoms with E-state index in [2.05, 4.69) is 32.8 Å². The Hall–Kier alpha value is -0.500. The van der Waals surface area contributed by atoms with E-state index in [1.54, 1.807) is 7.05 Å². The number of hydroxylamine groups is 1. The van der Waals surface area contributed by atoms with E-state index in [0.29, 0.717) is 11.3 Å². The first-order valence-corrected chi connectivity index (χ1v) is 5.45. The summed E-state index contributed by atoms with van der Waals surface area (Å²) >= 11 is 0. The van der Waals surface area contributed by atoms with Crippen molar-refractivity contribution in [2.75, 3.05) is 7.05 Å². The smallest absolute Gasteiger partial charge is 0.120 e. The standard InChI is InChI=1S/C12H23NO/c1-9(14-13-5)11-6-10(7-11)8-12(2,3)4/h10-11,13H,1,6-8H2,2-5H3. The zero-order valence-electron chi connectivity index (χ0n) is 9.89. The van der Waals surface area contributed by atoms with Crippen molar-refractivity contribution in [1.29, 1.82) is 0 Å². The second-order valence-electron chi connectivity index (χ2n) is 5.57. The minimum absolute atomic E-state index is 0.459. The van der Waals surface area contributed by atoms with Gasteiger partial charge in [0.15, 0.2) is 0 Å². The summed E-state index contributed by atoms with van der Waals surface area (Å²) in [7, 11) is 1.77. The molecule has 0 aliphatic heterocycles. The number of hydrogen-bond donors (Lipinski definition) is 1. The molecule has 0 aromatic rings. The third kappa shape index (κ3) is 3.33. The summed E-state index contributed by atoms with van der Waals surface area (Å²) in [4.78, 5) is 5.18. The second kappa shape index (κ2) is 4.35. The molecule has 14 heavy (non-hydrogen) atoms. The number of nitrogens with one attached hydrogen (secondary N) is 1. The first kappa shape index (κ1) is 11.6. The Kier molecular flexibility index (Phi) is 3.59. The topological polar surface area (TPSA) is 21.3 Å². The van der Waals surface area contributed by atoms with Gasteiger partial charge >= 0.3 is 0 Å². The molecule has 1 saturated carbocycles. The van der Waals surface area contributed by atoms with Crippen LogP contribution in [0.1, 0.15) is 40.0 Å². The van der Waals surface area contributed by atoms with Crippen molar-refractivity contribution < 1.29 is 4.84 Å². The van der Waals surface area contributed by atoms with Gasteiger partial charge in [0.05, 0.1) is 0 Å². The minimum atomic E-state index is 0.459. The maximum absolute atomic E-state index is 5.18. The lowest BCUT2D eigenvalue weighted by Crippen LogP contribution is -2.30. The molecule has 2 heteroatoms. The van der Waals surface area contributed by atoms with E-state index in [-0.39, 0.29) is 0 Å². The molecule has 0 saturated heterocycles. The predicted molar refractivity (Wildman–Crippen MR) is 59.6 cm³/mol. The van der Waals surface area contributed by atoms with Gasteiger partial charge in [-0.2, -0.15) is 5.48 Å². The van der Waals surface area contributed by atoms with E-state index in [0.717, 1.165) is 11.7 Å². The van der Waals surface area contributed by atoms with Gasteiger partial charge in [-0.3, -0.25) is 0 Å². The van der Waals surface area contributed by atoms with Crippen molar-refractivity contribution in [2.45, 2.75) is 40.0 Å². The predicted octanol–water partition coefficient (Wildman–Crippen LogP) is 3.11. The van der Waals surface area contributed by atoms with Gasteiger partial charge in [0, 0.05) is 13.0 Å². The lowest BCUT2D eigenvalue weighted by molar-refractivity contribution is 0.0512. The van der Waals surface area contributed by atoms with E-state index in [4.69, 9.17) is 4.84 Å². The van der Waals surface area contributed by atoms with Crippen molar-refractivity contribution >= 4 is 0 Å². The Morgan fingerprint density at radius 2 is 2.00 bits per heavy atom. The summed E-state index contributed by atoms with van der Waals surface area (Å²) in [5.74, 6) is 2.35. The summed E-state index contributed by atoms with van der Waals surface area (Å²) in [6, 6.07) is 0. The highest BCUT2D eigenvalue weighted by atomic mass is 16.6. The van der Waals surface area contributed by atoms with Gasteiger partial charge in [0.1, 0.15) is 5.76 Å². The fourth-order valence-electron chi connectivity index (χ4n) is 2.25. The fraction of sp³-hybridized carbons (Fsp3) is 0.833. The van der Waals surface area contributed by atoms with Crippen LogP contribution in [0.5, 0.6) is 0 Å². The van der Waals surface area contributed by atoms with Crippen LogP contribution >= 0.6 is 0 Å². The van der Waals surface area contributed by atoms with E-state index in [9.17, 15) is 0 Å². The van der Waals surface area contributed by atoms with Crippen LogP contribution < -0.4 is 5.48 Å². The molecule has 82 valence electrons. The molecule has 1 aliphatic carbocycles. The highest BCUT2D eigenvalue weighted by molar-refractivity contribution is 4.99. The molecule has 0 bridgehead atoms.